The van der Waals surface area contributed by atoms with E-state index in [2.05, 4.69) is 43.0 Å². The van der Waals surface area contributed by atoms with Crippen LogP contribution < -0.4 is 0 Å². The van der Waals surface area contributed by atoms with E-state index in [1.807, 2.05) is 6.07 Å². The quantitative estimate of drug-likeness (QED) is 0.0814. The second-order valence-electron chi connectivity index (χ2n) is 8.19. The van der Waals surface area contributed by atoms with Crippen molar-refractivity contribution in [3.63, 3.8) is 0 Å². The number of hydrogen-bond acceptors (Lipinski definition) is 3. The van der Waals surface area contributed by atoms with Gasteiger partial charge in [0.15, 0.2) is 0 Å². The Hall–Kier alpha value is -0.291. The summed E-state index contributed by atoms with van der Waals surface area (Å²) in [6.07, 6.45) is 15.0. The first-order chi connectivity index (χ1) is 16.1. The largest absolute Gasteiger partial charge is 3.00 e. The molecular formula is C23H42F12Fe2O3P2. The number of benzene rings is 1. The second kappa shape index (κ2) is 23.1. The van der Waals surface area contributed by atoms with Gasteiger partial charge in [-0.05, 0) is 18.0 Å². The van der Waals surface area contributed by atoms with E-state index < -0.39 is 15.6 Å². The average molecular weight is 768 g/mol. The Kier molecular flexibility index (Phi) is 33.5. The molecule has 0 heterocycles. The predicted molar refractivity (Wildman–Crippen MR) is 142 cm³/mol. The molecule has 3 nitrogen and oxygen atoms in total. The van der Waals surface area contributed by atoms with Crippen molar-refractivity contribution in [1.29, 1.82) is 0 Å². The van der Waals surface area contributed by atoms with Crippen LogP contribution in [-0.4, -0.2) is 11.7 Å². The van der Waals surface area contributed by atoms with Gasteiger partial charge in [0.1, 0.15) is 0 Å². The summed E-state index contributed by atoms with van der Waals surface area (Å²) >= 11 is 0. The molecule has 0 bridgehead atoms. The maximum Gasteiger partial charge on any atom is 3.00 e. The van der Waals surface area contributed by atoms with Gasteiger partial charge in [0.25, 0.3) is 0 Å². The zero-order valence-corrected chi connectivity index (χ0v) is 27.9. The van der Waals surface area contributed by atoms with Gasteiger partial charge in [-0.1, -0.05) is 108 Å². The average Bonchev–Trinajstić information content (AvgIpc) is 3.42. The SMILES string of the molecule is C1CCCC1.C1CCCC1.CC(C)c1ccccc1.F[P-](F)(F)(F)(F)F.F[P-](F)(F)(F)(F)F.O=[C-]OO.[CH3-].[CH3-].[CH3-].[Fe+3].[Fe+3]. The first-order valence-electron chi connectivity index (χ1n) is 11.0. The van der Waals surface area contributed by atoms with Gasteiger partial charge in [0, 0.05) is 0 Å². The Morgan fingerprint density at radius 2 is 0.762 bits per heavy atom. The molecule has 0 unspecified atom stereocenters. The molecule has 2 aliphatic carbocycles. The Balaban J connectivity index is -0.0000000547. The molecule has 1 N–H and O–H groups in total. The molecule has 0 aromatic heterocycles. The third-order valence-corrected chi connectivity index (χ3v) is 4.00. The van der Waals surface area contributed by atoms with Crippen molar-refractivity contribution in [2.75, 3.05) is 0 Å². The van der Waals surface area contributed by atoms with Crippen LogP contribution in [0.4, 0.5) is 50.4 Å². The van der Waals surface area contributed by atoms with Crippen LogP contribution in [0.2, 0.25) is 0 Å². The van der Waals surface area contributed by atoms with Crippen LogP contribution in [0.1, 0.15) is 89.5 Å². The Morgan fingerprint density at radius 3 is 0.857 bits per heavy atom. The molecule has 42 heavy (non-hydrogen) atoms. The summed E-state index contributed by atoms with van der Waals surface area (Å²) in [5.41, 5.74) is 1.41. The molecular weight excluding hydrogens is 726 g/mol. The second-order valence-corrected chi connectivity index (χ2v) is 12.0. The first kappa shape index (κ1) is 60.8. The molecule has 0 atom stereocenters. The van der Waals surface area contributed by atoms with Gasteiger partial charge >= 0.3 is 100 Å². The third kappa shape index (κ3) is 115. The zero-order chi connectivity index (χ0) is 30.0. The number of rotatable bonds is 2. The minimum absolute atomic E-state index is 0. The molecule has 1 aromatic carbocycles. The monoisotopic (exact) mass is 768 g/mol. The summed E-state index contributed by atoms with van der Waals surface area (Å²) in [5.74, 6) is 0.659. The summed E-state index contributed by atoms with van der Waals surface area (Å²) in [6, 6.07) is 10.5. The van der Waals surface area contributed by atoms with Crippen LogP contribution in [0.3, 0.4) is 0 Å². The van der Waals surface area contributed by atoms with E-state index in [4.69, 9.17) is 10.1 Å². The molecule has 0 saturated heterocycles. The molecule has 2 radical (unpaired) electrons. The summed E-state index contributed by atoms with van der Waals surface area (Å²) in [7, 11) is -21.3. The van der Waals surface area contributed by atoms with Crippen molar-refractivity contribution < 1.29 is 99.4 Å². The summed E-state index contributed by atoms with van der Waals surface area (Å²) in [5, 5.41) is 6.95. The molecule has 1 aromatic rings. The summed E-state index contributed by atoms with van der Waals surface area (Å²) < 4.78 is 118. The fourth-order valence-electron chi connectivity index (χ4n) is 2.61. The van der Waals surface area contributed by atoms with E-state index >= 15 is 0 Å². The van der Waals surface area contributed by atoms with E-state index in [0.717, 1.165) is 6.47 Å². The molecule has 3 rings (SSSR count). The predicted octanol–water partition coefficient (Wildman–Crippen LogP) is 14.4. The summed E-state index contributed by atoms with van der Waals surface area (Å²) in [6.45, 7) is 5.14. The maximum absolute atomic E-state index is 10.7. The summed E-state index contributed by atoms with van der Waals surface area (Å²) in [4.78, 5) is 11.3. The molecule has 2 aliphatic rings. The van der Waals surface area contributed by atoms with Gasteiger partial charge in [-0.3, -0.25) is 0 Å². The minimum Gasteiger partial charge on any atom is -0.509 e. The van der Waals surface area contributed by atoms with Crippen molar-refractivity contribution in [2.24, 2.45) is 0 Å². The van der Waals surface area contributed by atoms with E-state index in [1.165, 1.54) is 69.8 Å². The Labute approximate surface area is 263 Å². The smallest absolute Gasteiger partial charge is 0.509 e. The van der Waals surface area contributed by atoms with Crippen LogP contribution in [0.15, 0.2) is 30.3 Å². The normalized spacial score (nSPS) is 16.1. The first-order valence-corrected chi connectivity index (χ1v) is 15.0. The van der Waals surface area contributed by atoms with Gasteiger partial charge < -0.3 is 32.0 Å². The van der Waals surface area contributed by atoms with Crippen LogP contribution in [0.25, 0.3) is 0 Å². The minimum atomic E-state index is -10.7. The molecule has 0 amide bonds. The van der Waals surface area contributed by atoms with Crippen LogP contribution in [0, 0.1) is 22.3 Å². The van der Waals surface area contributed by atoms with Gasteiger partial charge in [-0.2, -0.15) is 0 Å². The van der Waals surface area contributed by atoms with Crippen molar-refractivity contribution in [2.45, 2.75) is 84.0 Å². The number of carbonyl (C=O) groups excluding carboxylic acids is 1. The van der Waals surface area contributed by atoms with E-state index in [1.54, 1.807) is 0 Å². The van der Waals surface area contributed by atoms with Crippen molar-refractivity contribution in [3.8, 4) is 0 Å². The molecule has 0 spiro atoms. The zero-order valence-electron chi connectivity index (χ0n) is 23.9. The van der Waals surface area contributed by atoms with E-state index in [-0.39, 0.29) is 56.4 Å². The molecule has 19 heteroatoms. The molecule has 0 aliphatic heterocycles. The Bertz CT molecular complexity index is 652. The third-order valence-electron chi connectivity index (χ3n) is 4.00. The Morgan fingerprint density at radius 1 is 0.595 bits per heavy atom. The van der Waals surface area contributed by atoms with Gasteiger partial charge in [0.2, 0.25) is 0 Å². The van der Waals surface area contributed by atoms with E-state index in [0.29, 0.717) is 5.92 Å². The van der Waals surface area contributed by atoms with E-state index in [9.17, 15) is 50.4 Å². The van der Waals surface area contributed by atoms with Crippen molar-refractivity contribution in [3.05, 3.63) is 58.2 Å². The molecule has 2 fully saturated rings. The van der Waals surface area contributed by atoms with Crippen LogP contribution in [-0.2, 0) is 43.8 Å². The van der Waals surface area contributed by atoms with Gasteiger partial charge in [0.05, 0.1) is 0 Å². The number of hydrogen-bond donors (Lipinski definition) is 1. The molecule has 2 saturated carbocycles. The molecule has 262 valence electrons. The van der Waals surface area contributed by atoms with Crippen LogP contribution >= 0.6 is 15.6 Å². The van der Waals surface area contributed by atoms with Crippen molar-refractivity contribution >= 4 is 22.1 Å². The maximum atomic E-state index is 9.87. The van der Waals surface area contributed by atoms with Gasteiger partial charge in [-0.15, -0.1) is 0 Å². The van der Waals surface area contributed by atoms with Gasteiger partial charge in [-0.25, -0.2) is 5.26 Å². The van der Waals surface area contributed by atoms with Crippen LogP contribution in [0.5, 0.6) is 0 Å². The van der Waals surface area contributed by atoms with Crippen molar-refractivity contribution in [1.82, 2.24) is 0 Å². The topological polar surface area (TPSA) is 46.5 Å². The number of halogens is 12. The standard InChI is InChI=1S/C9H12.2C5H10.CHO3.3CH3.2F6P.2Fe/c1-8(2)9-6-4-3-5-7-9;2*1-2-4-5-3-1;2-1-4-3;;;;2*1-7(2,3,4,5)6;;/h3-8H,1-2H3;2*1-5H2;3H;3*1H3;;;;/q;;;6*-1;2*+3. The fourth-order valence-corrected chi connectivity index (χ4v) is 2.61. The fraction of sp³-hybridized carbons (Fsp3) is 0.565.